The molecule has 1 aromatic rings. The number of hydrogen-bond acceptors (Lipinski definition) is 2. The SMILES string of the molecule is CCCCC(N)CNC(C)c1ccccc1. The summed E-state index contributed by atoms with van der Waals surface area (Å²) < 4.78 is 0. The molecule has 1 aromatic carbocycles. The standard InChI is InChI=1S/C14H24N2/c1-3-4-10-14(15)11-16-12(2)13-8-6-5-7-9-13/h5-9,12,14,16H,3-4,10-11,15H2,1-2H3. The van der Waals surface area contributed by atoms with Crippen LogP contribution in [-0.2, 0) is 0 Å². The number of hydrogen-bond donors (Lipinski definition) is 2. The van der Waals surface area contributed by atoms with Crippen molar-refractivity contribution in [3.05, 3.63) is 35.9 Å². The minimum atomic E-state index is 0.283. The Hall–Kier alpha value is -0.860. The predicted octanol–water partition coefficient (Wildman–Crippen LogP) is 2.85. The second-order valence-corrected chi connectivity index (χ2v) is 4.44. The molecule has 0 saturated carbocycles. The molecule has 16 heavy (non-hydrogen) atoms. The zero-order valence-corrected chi connectivity index (χ0v) is 10.4. The second-order valence-electron chi connectivity index (χ2n) is 4.44. The minimum absolute atomic E-state index is 0.283. The molecule has 0 heterocycles. The lowest BCUT2D eigenvalue weighted by Crippen LogP contribution is -2.35. The molecule has 0 aliphatic carbocycles. The van der Waals surface area contributed by atoms with E-state index in [-0.39, 0.29) is 6.04 Å². The number of nitrogens with two attached hydrogens (primary N) is 1. The van der Waals surface area contributed by atoms with Crippen LogP contribution in [0.25, 0.3) is 0 Å². The summed E-state index contributed by atoms with van der Waals surface area (Å²) in [4.78, 5) is 0. The second kappa shape index (κ2) is 7.42. The van der Waals surface area contributed by atoms with E-state index in [2.05, 4.69) is 43.4 Å². The summed E-state index contributed by atoms with van der Waals surface area (Å²) in [5, 5.41) is 3.48. The first-order chi connectivity index (χ1) is 7.74. The molecule has 2 heteroatoms. The average molecular weight is 220 g/mol. The van der Waals surface area contributed by atoms with E-state index in [0.29, 0.717) is 6.04 Å². The van der Waals surface area contributed by atoms with E-state index in [1.54, 1.807) is 0 Å². The highest BCUT2D eigenvalue weighted by molar-refractivity contribution is 5.17. The summed E-state index contributed by atoms with van der Waals surface area (Å²) >= 11 is 0. The monoisotopic (exact) mass is 220 g/mol. The molecule has 0 aliphatic rings. The first kappa shape index (κ1) is 13.2. The molecule has 2 atom stereocenters. The third-order valence-electron chi connectivity index (χ3n) is 2.91. The quantitative estimate of drug-likeness (QED) is 0.741. The molecule has 2 nitrogen and oxygen atoms in total. The van der Waals surface area contributed by atoms with Gasteiger partial charge in [-0.05, 0) is 18.9 Å². The Kier molecular flexibility index (Phi) is 6.12. The number of benzene rings is 1. The molecule has 0 saturated heterocycles. The van der Waals surface area contributed by atoms with Gasteiger partial charge in [-0.1, -0.05) is 50.1 Å². The Bertz CT molecular complexity index is 271. The van der Waals surface area contributed by atoms with E-state index in [0.717, 1.165) is 13.0 Å². The molecule has 0 aromatic heterocycles. The van der Waals surface area contributed by atoms with Gasteiger partial charge in [0.2, 0.25) is 0 Å². The van der Waals surface area contributed by atoms with Crippen LogP contribution in [0.2, 0.25) is 0 Å². The summed E-state index contributed by atoms with van der Waals surface area (Å²) in [6, 6.07) is 11.2. The van der Waals surface area contributed by atoms with Crippen LogP contribution in [0.15, 0.2) is 30.3 Å². The third-order valence-corrected chi connectivity index (χ3v) is 2.91. The van der Waals surface area contributed by atoms with Crippen molar-refractivity contribution in [3.63, 3.8) is 0 Å². The normalized spacial score (nSPS) is 14.7. The first-order valence-corrected chi connectivity index (χ1v) is 6.28. The smallest absolute Gasteiger partial charge is 0.0292 e. The van der Waals surface area contributed by atoms with Crippen molar-refractivity contribution in [2.75, 3.05) is 6.54 Å². The fourth-order valence-corrected chi connectivity index (χ4v) is 1.76. The zero-order valence-electron chi connectivity index (χ0n) is 10.4. The lowest BCUT2D eigenvalue weighted by atomic mass is 10.1. The van der Waals surface area contributed by atoms with E-state index < -0.39 is 0 Å². The fraction of sp³-hybridized carbons (Fsp3) is 0.571. The van der Waals surface area contributed by atoms with Crippen molar-refractivity contribution in [1.29, 1.82) is 0 Å². The van der Waals surface area contributed by atoms with E-state index in [4.69, 9.17) is 5.73 Å². The van der Waals surface area contributed by atoms with Crippen LogP contribution in [0.1, 0.15) is 44.7 Å². The Morgan fingerprint density at radius 2 is 1.94 bits per heavy atom. The van der Waals surface area contributed by atoms with Gasteiger partial charge in [-0.15, -0.1) is 0 Å². The molecule has 0 fully saturated rings. The van der Waals surface area contributed by atoms with Crippen LogP contribution in [0.3, 0.4) is 0 Å². The van der Waals surface area contributed by atoms with Crippen LogP contribution < -0.4 is 11.1 Å². The summed E-state index contributed by atoms with van der Waals surface area (Å²) in [7, 11) is 0. The third kappa shape index (κ3) is 4.77. The van der Waals surface area contributed by atoms with E-state index in [1.807, 2.05) is 6.07 Å². The highest BCUT2D eigenvalue weighted by atomic mass is 14.9. The minimum Gasteiger partial charge on any atom is -0.327 e. The lowest BCUT2D eigenvalue weighted by molar-refractivity contribution is 0.485. The molecule has 90 valence electrons. The van der Waals surface area contributed by atoms with Crippen LogP contribution in [0, 0.1) is 0 Å². The molecule has 0 radical (unpaired) electrons. The summed E-state index contributed by atoms with van der Waals surface area (Å²) in [6.07, 6.45) is 3.56. The summed E-state index contributed by atoms with van der Waals surface area (Å²) in [5.74, 6) is 0. The van der Waals surface area contributed by atoms with Crippen molar-refractivity contribution >= 4 is 0 Å². The van der Waals surface area contributed by atoms with Gasteiger partial charge in [0, 0.05) is 18.6 Å². The highest BCUT2D eigenvalue weighted by Gasteiger charge is 2.06. The first-order valence-electron chi connectivity index (χ1n) is 6.28. The lowest BCUT2D eigenvalue weighted by Gasteiger charge is -2.17. The van der Waals surface area contributed by atoms with Gasteiger partial charge >= 0.3 is 0 Å². The topological polar surface area (TPSA) is 38.0 Å². The van der Waals surface area contributed by atoms with E-state index in [9.17, 15) is 0 Å². The van der Waals surface area contributed by atoms with Crippen molar-refractivity contribution < 1.29 is 0 Å². The van der Waals surface area contributed by atoms with Gasteiger partial charge < -0.3 is 11.1 Å². The molecule has 3 N–H and O–H groups in total. The predicted molar refractivity (Wildman–Crippen MR) is 70.4 cm³/mol. The van der Waals surface area contributed by atoms with E-state index in [1.165, 1.54) is 18.4 Å². The van der Waals surface area contributed by atoms with Crippen LogP contribution in [0.5, 0.6) is 0 Å². The van der Waals surface area contributed by atoms with Gasteiger partial charge in [0.05, 0.1) is 0 Å². The van der Waals surface area contributed by atoms with Gasteiger partial charge in [0.1, 0.15) is 0 Å². The molecule has 0 amide bonds. The Morgan fingerprint density at radius 3 is 2.56 bits per heavy atom. The van der Waals surface area contributed by atoms with Crippen molar-refractivity contribution in [2.45, 2.75) is 45.2 Å². The zero-order chi connectivity index (χ0) is 11.8. The van der Waals surface area contributed by atoms with Crippen molar-refractivity contribution in [2.24, 2.45) is 5.73 Å². The summed E-state index contributed by atoms with van der Waals surface area (Å²) in [5.41, 5.74) is 7.35. The number of rotatable bonds is 7. The molecule has 1 rings (SSSR count). The van der Waals surface area contributed by atoms with Crippen LogP contribution in [0.4, 0.5) is 0 Å². The van der Waals surface area contributed by atoms with Gasteiger partial charge in [-0.25, -0.2) is 0 Å². The van der Waals surface area contributed by atoms with Crippen LogP contribution in [-0.4, -0.2) is 12.6 Å². The molecule has 2 unspecified atom stereocenters. The van der Waals surface area contributed by atoms with E-state index >= 15 is 0 Å². The fourth-order valence-electron chi connectivity index (χ4n) is 1.76. The Morgan fingerprint density at radius 1 is 1.25 bits per heavy atom. The Labute approximate surface area is 99.2 Å². The maximum absolute atomic E-state index is 6.02. The van der Waals surface area contributed by atoms with Gasteiger partial charge in [0.25, 0.3) is 0 Å². The highest BCUT2D eigenvalue weighted by Crippen LogP contribution is 2.11. The Balaban J connectivity index is 2.27. The average Bonchev–Trinajstić information content (AvgIpc) is 2.34. The largest absolute Gasteiger partial charge is 0.327 e. The molecular weight excluding hydrogens is 196 g/mol. The molecule has 0 spiro atoms. The van der Waals surface area contributed by atoms with Crippen molar-refractivity contribution in [3.8, 4) is 0 Å². The number of unbranched alkanes of at least 4 members (excludes halogenated alkanes) is 1. The maximum Gasteiger partial charge on any atom is 0.0292 e. The van der Waals surface area contributed by atoms with Gasteiger partial charge in [-0.2, -0.15) is 0 Å². The molecular formula is C14H24N2. The molecule has 0 bridgehead atoms. The molecule has 0 aliphatic heterocycles. The van der Waals surface area contributed by atoms with Gasteiger partial charge in [0.15, 0.2) is 0 Å². The number of nitrogens with one attached hydrogen (secondary N) is 1. The maximum atomic E-state index is 6.02. The van der Waals surface area contributed by atoms with Crippen LogP contribution >= 0.6 is 0 Å². The van der Waals surface area contributed by atoms with Crippen molar-refractivity contribution in [1.82, 2.24) is 5.32 Å². The van der Waals surface area contributed by atoms with Gasteiger partial charge in [-0.3, -0.25) is 0 Å². The summed E-state index contributed by atoms with van der Waals surface area (Å²) in [6.45, 7) is 5.28.